The summed E-state index contributed by atoms with van der Waals surface area (Å²) < 4.78 is 6.80. The number of Topliss-reactive ketones (excluding diaryl/α,β-unsaturated/α-hetero) is 1. The molecule has 1 aromatic carbocycles. The van der Waals surface area contributed by atoms with E-state index in [-0.39, 0.29) is 17.0 Å². The van der Waals surface area contributed by atoms with Crippen molar-refractivity contribution in [3.8, 4) is 0 Å². The Morgan fingerprint density at radius 3 is 2.36 bits per heavy atom. The van der Waals surface area contributed by atoms with Gasteiger partial charge in [-0.05, 0) is 32.0 Å². The zero-order valence-electron chi connectivity index (χ0n) is 18.0. The molecule has 0 aliphatic carbocycles. The van der Waals surface area contributed by atoms with Gasteiger partial charge in [-0.2, -0.15) is 0 Å². The van der Waals surface area contributed by atoms with Crippen molar-refractivity contribution in [3.63, 3.8) is 0 Å². The molecule has 1 amide bonds. The SMILES string of the molecule is COC(=O)c1cc([N+](=O)[O-])c(=O)n(CC(=O)c2cc(C)n(NC(=O)c3ccccc3)c2C)c1. The highest BCUT2D eigenvalue weighted by Crippen LogP contribution is 2.16. The van der Waals surface area contributed by atoms with Gasteiger partial charge in [0.15, 0.2) is 5.78 Å². The molecule has 11 heteroatoms. The van der Waals surface area contributed by atoms with Crippen LogP contribution >= 0.6 is 0 Å². The second-order valence-corrected chi connectivity index (χ2v) is 7.15. The molecule has 0 bridgehead atoms. The first-order valence-electron chi connectivity index (χ1n) is 9.69. The van der Waals surface area contributed by atoms with Gasteiger partial charge in [-0.3, -0.25) is 34.6 Å². The summed E-state index contributed by atoms with van der Waals surface area (Å²) in [6.45, 7) is 2.74. The van der Waals surface area contributed by atoms with E-state index in [4.69, 9.17) is 0 Å². The van der Waals surface area contributed by atoms with Crippen LogP contribution in [0.5, 0.6) is 0 Å². The second-order valence-electron chi connectivity index (χ2n) is 7.15. The number of rotatable bonds is 7. The molecule has 0 aliphatic rings. The van der Waals surface area contributed by atoms with E-state index >= 15 is 0 Å². The van der Waals surface area contributed by atoms with Gasteiger partial charge >= 0.3 is 17.2 Å². The Bertz CT molecular complexity index is 1320. The molecule has 0 radical (unpaired) electrons. The molecule has 0 fully saturated rings. The quantitative estimate of drug-likeness (QED) is 0.251. The van der Waals surface area contributed by atoms with E-state index in [1.165, 1.54) is 10.7 Å². The van der Waals surface area contributed by atoms with Crippen molar-refractivity contribution >= 4 is 23.3 Å². The Labute approximate surface area is 187 Å². The summed E-state index contributed by atoms with van der Waals surface area (Å²) in [5.41, 5.74) is 2.18. The number of methoxy groups -OCH3 is 1. The molecule has 0 saturated heterocycles. The van der Waals surface area contributed by atoms with Gasteiger partial charge < -0.3 is 9.30 Å². The van der Waals surface area contributed by atoms with Gasteiger partial charge in [0, 0.05) is 34.8 Å². The number of benzene rings is 1. The number of nitro groups is 1. The number of ether oxygens (including phenoxy) is 1. The summed E-state index contributed by atoms with van der Waals surface area (Å²) in [7, 11) is 1.09. The van der Waals surface area contributed by atoms with Gasteiger partial charge in [0.2, 0.25) is 0 Å². The molecule has 0 aliphatic heterocycles. The summed E-state index contributed by atoms with van der Waals surface area (Å²) in [5, 5.41) is 11.2. The van der Waals surface area contributed by atoms with Gasteiger partial charge in [0.1, 0.15) is 0 Å². The number of aryl methyl sites for hydroxylation is 1. The van der Waals surface area contributed by atoms with E-state index in [0.717, 1.165) is 23.9 Å². The molecule has 0 atom stereocenters. The van der Waals surface area contributed by atoms with E-state index in [0.29, 0.717) is 17.0 Å². The third-order valence-corrected chi connectivity index (χ3v) is 4.98. The lowest BCUT2D eigenvalue weighted by Gasteiger charge is -2.12. The number of carbonyl (C=O) groups is 3. The Kier molecular flexibility index (Phi) is 6.52. The van der Waals surface area contributed by atoms with Crippen LogP contribution in [-0.4, -0.2) is 38.9 Å². The molecule has 170 valence electrons. The van der Waals surface area contributed by atoms with Gasteiger partial charge in [-0.25, -0.2) is 4.79 Å². The van der Waals surface area contributed by atoms with E-state index in [2.05, 4.69) is 10.2 Å². The van der Waals surface area contributed by atoms with Gasteiger partial charge in [-0.15, -0.1) is 0 Å². The molecule has 0 saturated carbocycles. The van der Waals surface area contributed by atoms with Crippen LogP contribution in [0.25, 0.3) is 0 Å². The molecular formula is C22H20N4O7. The minimum atomic E-state index is -1.04. The average Bonchev–Trinajstić information content (AvgIpc) is 3.08. The molecule has 33 heavy (non-hydrogen) atoms. The molecule has 3 aromatic rings. The lowest BCUT2D eigenvalue weighted by atomic mass is 10.1. The average molecular weight is 452 g/mol. The van der Waals surface area contributed by atoms with Crippen molar-refractivity contribution in [2.75, 3.05) is 12.5 Å². The van der Waals surface area contributed by atoms with Gasteiger partial charge in [0.25, 0.3) is 5.91 Å². The normalized spacial score (nSPS) is 10.5. The highest BCUT2D eigenvalue weighted by atomic mass is 16.6. The predicted molar refractivity (Wildman–Crippen MR) is 117 cm³/mol. The lowest BCUT2D eigenvalue weighted by Crippen LogP contribution is -2.28. The van der Waals surface area contributed by atoms with Gasteiger partial charge in [0.05, 0.1) is 24.1 Å². The first-order chi connectivity index (χ1) is 15.6. The Balaban J connectivity index is 1.93. The number of ketones is 1. The topological polar surface area (TPSA) is 143 Å². The first-order valence-corrected chi connectivity index (χ1v) is 9.69. The fourth-order valence-corrected chi connectivity index (χ4v) is 3.31. The number of esters is 1. The van der Waals surface area contributed by atoms with Crippen molar-refractivity contribution in [2.24, 2.45) is 0 Å². The maximum absolute atomic E-state index is 13.0. The number of hydrogen-bond donors (Lipinski definition) is 1. The lowest BCUT2D eigenvalue weighted by molar-refractivity contribution is -0.386. The molecule has 2 aromatic heterocycles. The van der Waals surface area contributed by atoms with Crippen LogP contribution in [0, 0.1) is 24.0 Å². The molecule has 0 spiro atoms. The van der Waals surface area contributed by atoms with E-state index in [9.17, 15) is 29.3 Å². The Morgan fingerprint density at radius 2 is 1.76 bits per heavy atom. The third kappa shape index (κ3) is 4.71. The number of pyridine rings is 1. The van der Waals surface area contributed by atoms with Crippen molar-refractivity contribution in [1.82, 2.24) is 9.24 Å². The van der Waals surface area contributed by atoms with Crippen LogP contribution in [0.15, 0.2) is 53.5 Å². The number of carbonyl (C=O) groups excluding carboxylic acids is 3. The Hall–Kier alpha value is -4.54. The van der Waals surface area contributed by atoms with Crippen LogP contribution in [0.3, 0.4) is 0 Å². The van der Waals surface area contributed by atoms with Crippen LogP contribution in [0.1, 0.15) is 42.5 Å². The maximum atomic E-state index is 13.0. The number of nitrogens with zero attached hydrogens (tertiary/aromatic N) is 3. The standard InChI is InChI=1S/C22H20N4O7/c1-13-9-17(14(2)25(13)23-20(28)15-7-5-4-6-8-15)19(27)12-24-11-16(22(30)33-3)10-18(21(24)29)26(31)32/h4-11H,12H2,1-3H3,(H,23,28). The second kappa shape index (κ2) is 9.30. The molecule has 3 rings (SSSR count). The van der Waals surface area contributed by atoms with Crippen LogP contribution in [0.2, 0.25) is 0 Å². The van der Waals surface area contributed by atoms with Crippen molar-refractivity contribution in [1.29, 1.82) is 0 Å². The minimum absolute atomic E-state index is 0.207. The molecular weight excluding hydrogens is 432 g/mol. The summed E-state index contributed by atoms with van der Waals surface area (Å²) in [4.78, 5) is 60.1. The van der Waals surface area contributed by atoms with Crippen molar-refractivity contribution < 1.29 is 24.0 Å². The maximum Gasteiger partial charge on any atom is 0.339 e. The van der Waals surface area contributed by atoms with E-state index < -0.39 is 34.5 Å². The molecule has 0 unspecified atom stereocenters. The van der Waals surface area contributed by atoms with Crippen molar-refractivity contribution in [3.05, 3.63) is 97.2 Å². The summed E-state index contributed by atoms with van der Waals surface area (Å²) >= 11 is 0. The Morgan fingerprint density at radius 1 is 1.09 bits per heavy atom. The number of nitrogens with one attached hydrogen (secondary N) is 1. The van der Waals surface area contributed by atoms with Crippen molar-refractivity contribution in [2.45, 2.75) is 20.4 Å². The summed E-state index contributed by atoms with van der Waals surface area (Å²) in [6.07, 6.45) is 1.04. The molecule has 2 heterocycles. The zero-order chi connectivity index (χ0) is 24.3. The van der Waals surface area contributed by atoms with E-state index in [1.54, 1.807) is 44.2 Å². The zero-order valence-corrected chi connectivity index (χ0v) is 18.0. The number of hydrogen-bond acceptors (Lipinski definition) is 7. The smallest absolute Gasteiger partial charge is 0.339 e. The fraction of sp³-hybridized carbons (Fsp3) is 0.182. The molecule has 11 nitrogen and oxygen atoms in total. The predicted octanol–water partition coefficient (Wildman–Crippen LogP) is 2.23. The monoisotopic (exact) mass is 452 g/mol. The van der Waals surface area contributed by atoms with Gasteiger partial charge in [-0.1, -0.05) is 18.2 Å². The first kappa shape index (κ1) is 23.1. The third-order valence-electron chi connectivity index (χ3n) is 4.98. The number of amides is 1. The van der Waals surface area contributed by atoms with Crippen LogP contribution in [-0.2, 0) is 11.3 Å². The summed E-state index contributed by atoms with van der Waals surface area (Å²) in [5.74, 6) is -1.81. The highest BCUT2D eigenvalue weighted by Gasteiger charge is 2.23. The van der Waals surface area contributed by atoms with E-state index in [1.807, 2.05) is 0 Å². The fourth-order valence-electron chi connectivity index (χ4n) is 3.31. The van der Waals surface area contributed by atoms with Crippen LogP contribution < -0.4 is 11.0 Å². The summed E-state index contributed by atoms with van der Waals surface area (Å²) in [6, 6.07) is 10.8. The highest BCUT2D eigenvalue weighted by molar-refractivity contribution is 6.01. The number of aromatic nitrogens is 2. The minimum Gasteiger partial charge on any atom is -0.465 e. The van der Waals surface area contributed by atoms with Crippen LogP contribution in [0.4, 0.5) is 5.69 Å². The molecule has 1 N–H and O–H groups in total. The largest absolute Gasteiger partial charge is 0.465 e.